The molecule has 3 rings (SSSR count). The number of halogens is 2. The summed E-state index contributed by atoms with van der Waals surface area (Å²) in [6, 6.07) is 5.52. The summed E-state index contributed by atoms with van der Waals surface area (Å²) in [6.45, 7) is 1.71. The average Bonchev–Trinajstić information content (AvgIpc) is 3.14. The van der Waals surface area contributed by atoms with Gasteiger partial charge in [0, 0.05) is 17.4 Å². The molecule has 0 saturated carbocycles. The van der Waals surface area contributed by atoms with Crippen molar-refractivity contribution in [2.45, 2.75) is 19.4 Å². The van der Waals surface area contributed by atoms with Crippen molar-refractivity contribution in [3.63, 3.8) is 0 Å². The number of thiazole rings is 1. The fraction of sp³-hybridized carbons (Fsp3) is 0.188. The summed E-state index contributed by atoms with van der Waals surface area (Å²) in [4.78, 5) is 15.6. The Labute approximate surface area is 154 Å². The lowest BCUT2D eigenvalue weighted by Crippen LogP contribution is -2.29. The van der Waals surface area contributed by atoms with Crippen LogP contribution in [0.5, 0.6) is 0 Å². The Morgan fingerprint density at radius 1 is 1.48 bits per heavy atom. The maximum Gasteiger partial charge on any atom is 0.405 e. The van der Waals surface area contributed by atoms with Crippen molar-refractivity contribution >= 4 is 33.4 Å². The topological polar surface area (TPSA) is 88.3 Å². The molecule has 0 unspecified atom stereocenters. The molecule has 2 N–H and O–H groups in total. The molecule has 6 nitrogen and oxygen atoms in total. The van der Waals surface area contributed by atoms with Gasteiger partial charge in [0.05, 0.1) is 11.7 Å². The van der Waals surface area contributed by atoms with Crippen LogP contribution in [0.2, 0.25) is 0 Å². The van der Waals surface area contributed by atoms with Gasteiger partial charge < -0.3 is 14.9 Å². The first-order valence-electron chi connectivity index (χ1n) is 7.26. The van der Waals surface area contributed by atoms with E-state index in [1.54, 1.807) is 30.5 Å². The predicted molar refractivity (Wildman–Crippen MR) is 94.1 cm³/mol. The lowest BCUT2D eigenvalue weighted by atomic mass is 9.96. The molecule has 25 heavy (non-hydrogen) atoms. The van der Waals surface area contributed by atoms with E-state index in [1.165, 1.54) is 17.4 Å². The second kappa shape index (κ2) is 7.32. The number of nitrogens with one attached hydrogen (secondary N) is 1. The fourth-order valence-electron chi connectivity index (χ4n) is 2.59. The minimum Gasteiger partial charge on any atom is -0.465 e. The lowest BCUT2D eigenvalue weighted by molar-refractivity contribution is 0.189. The molecule has 2 aromatic heterocycles. The van der Waals surface area contributed by atoms with E-state index in [4.69, 9.17) is 4.52 Å². The SMILES string of the molecule is Cc1noc(-c2csc(Br)n2)c1[C@@H](Cc1ccccc1F)NC(=O)O. The number of carbonyl (C=O) groups is 1. The third kappa shape index (κ3) is 3.88. The molecule has 0 fully saturated rings. The fourth-order valence-corrected chi connectivity index (χ4v) is 3.58. The number of benzene rings is 1. The smallest absolute Gasteiger partial charge is 0.405 e. The lowest BCUT2D eigenvalue weighted by Gasteiger charge is -2.17. The van der Waals surface area contributed by atoms with Crippen molar-refractivity contribution < 1.29 is 18.8 Å². The van der Waals surface area contributed by atoms with Crippen molar-refractivity contribution in [3.8, 4) is 11.5 Å². The van der Waals surface area contributed by atoms with E-state index in [9.17, 15) is 14.3 Å². The minimum absolute atomic E-state index is 0.124. The standard InChI is InChI=1S/C16H13BrFN3O3S/c1-8-13(14(24-21-8)12-7-25-15(17)19-12)11(20-16(22)23)6-9-4-2-3-5-10(9)18/h2-5,7,11,20H,6H2,1H3,(H,22,23)/t11-/m1/s1. The van der Waals surface area contributed by atoms with Gasteiger partial charge in [-0.25, -0.2) is 14.2 Å². The molecule has 2 heterocycles. The van der Waals surface area contributed by atoms with E-state index in [1.807, 2.05) is 0 Å². The molecule has 0 radical (unpaired) electrons. The Morgan fingerprint density at radius 2 is 2.24 bits per heavy atom. The van der Waals surface area contributed by atoms with E-state index >= 15 is 0 Å². The Hall–Kier alpha value is -2.26. The van der Waals surface area contributed by atoms with E-state index < -0.39 is 18.0 Å². The number of hydrogen-bond donors (Lipinski definition) is 2. The summed E-state index contributed by atoms with van der Waals surface area (Å²) >= 11 is 4.66. The summed E-state index contributed by atoms with van der Waals surface area (Å²) in [6.07, 6.45) is -1.09. The van der Waals surface area contributed by atoms with Crippen LogP contribution in [-0.4, -0.2) is 21.3 Å². The molecule has 0 aliphatic heterocycles. The van der Waals surface area contributed by atoms with Crippen LogP contribution in [0, 0.1) is 12.7 Å². The third-order valence-electron chi connectivity index (χ3n) is 3.65. The Morgan fingerprint density at radius 3 is 2.88 bits per heavy atom. The van der Waals surface area contributed by atoms with Crippen LogP contribution in [0.3, 0.4) is 0 Å². The van der Waals surface area contributed by atoms with Gasteiger partial charge in [0.1, 0.15) is 11.5 Å². The molecule has 9 heteroatoms. The zero-order chi connectivity index (χ0) is 18.0. The zero-order valence-electron chi connectivity index (χ0n) is 13.0. The summed E-state index contributed by atoms with van der Waals surface area (Å²) < 4.78 is 20.1. The van der Waals surface area contributed by atoms with Crippen LogP contribution in [0.1, 0.15) is 22.9 Å². The van der Waals surface area contributed by atoms with Gasteiger partial charge in [0.25, 0.3) is 0 Å². The summed E-state index contributed by atoms with van der Waals surface area (Å²) in [5.41, 5.74) is 2.00. The highest BCUT2D eigenvalue weighted by atomic mass is 79.9. The van der Waals surface area contributed by atoms with Crippen LogP contribution < -0.4 is 5.32 Å². The molecule has 0 aliphatic rings. The van der Waals surface area contributed by atoms with Crippen molar-refractivity contribution in [2.24, 2.45) is 0 Å². The highest BCUT2D eigenvalue weighted by Crippen LogP contribution is 2.34. The molecule has 0 saturated heterocycles. The van der Waals surface area contributed by atoms with Crippen LogP contribution in [0.4, 0.5) is 9.18 Å². The van der Waals surface area contributed by atoms with Gasteiger partial charge in [-0.2, -0.15) is 0 Å². The van der Waals surface area contributed by atoms with E-state index in [0.717, 1.165) is 0 Å². The number of nitrogens with zero attached hydrogens (tertiary/aromatic N) is 2. The first-order valence-corrected chi connectivity index (χ1v) is 8.93. The quantitative estimate of drug-likeness (QED) is 0.625. The second-order valence-corrected chi connectivity index (χ2v) is 7.43. The number of aromatic nitrogens is 2. The maximum absolute atomic E-state index is 14.0. The molecule has 1 atom stereocenters. The zero-order valence-corrected chi connectivity index (χ0v) is 15.4. The maximum atomic E-state index is 14.0. The molecule has 1 aromatic carbocycles. The molecule has 0 spiro atoms. The molecule has 0 aliphatic carbocycles. The summed E-state index contributed by atoms with van der Waals surface area (Å²) in [5, 5.41) is 17.4. The van der Waals surface area contributed by atoms with Gasteiger partial charge in [0.2, 0.25) is 0 Å². The number of hydrogen-bond acceptors (Lipinski definition) is 5. The first-order chi connectivity index (χ1) is 12.0. The van der Waals surface area contributed by atoms with Gasteiger partial charge in [-0.3, -0.25) is 0 Å². The summed E-state index contributed by atoms with van der Waals surface area (Å²) in [5.74, 6) is -0.0266. The van der Waals surface area contributed by atoms with Gasteiger partial charge >= 0.3 is 6.09 Å². The molecular weight excluding hydrogens is 413 g/mol. The predicted octanol–water partition coefficient (Wildman–Crippen LogP) is 4.56. The number of carboxylic acid groups (broad SMARTS) is 1. The van der Waals surface area contributed by atoms with Crippen molar-refractivity contribution in [2.75, 3.05) is 0 Å². The molecule has 130 valence electrons. The van der Waals surface area contributed by atoms with Gasteiger partial charge in [-0.1, -0.05) is 23.4 Å². The highest BCUT2D eigenvalue weighted by Gasteiger charge is 2.27. The monoisotopic (exact) mass is 425 g/mol. The van der Waals surface area contributed by atoms with Crippen molar-refractivity contribution in [1.29, 1.82) is 0 Å². The number of aryl methyl sites for hydroxylation is 1. The first kappa shape index (κ1) is 17.6. The Bertz CT molecular complexity index is 912. The highest BCUT2D eigenvalue weighted by molar-refractivity contribution is 9.11. The Balaban J connectivity index is 2.03. The minimum atomic E-state index is -1.22. The molecule has 3 aromatic rings. The normalized spacial score (nSPS) is 12.1. The third-order valence-corrected chi connectivity index (χ3v) is 5.01. The Kier molecular flexibility index (Phi) is 5.14. The van der Waals surface area contributed by atoms with Crippen LogP contribution >= 0.6 is 27.3 Å². The van der Waals surface area contributed by atoms with E-state index in [2.05, 4.69) is 31.4 Å². The van der Waals surface area contributed by atoms with E-state index in [-0.39, 0.29) is 6.42 Å². The van der Waals surface area contributed by atoms with Crippen LogP contribution in [-0.2, 0) is 6.42 Å². The van der Waals surface area contributed by atoms with Crippen molar-refractivity contribution in [3.05, 3.63) is 56.2 Å². The average molecular weight is 426 g/mol. The molecular formula is C16H13BrFN3O3S. The molecule has 1 amide bonds. The number of rotatable bonds is 5. The second-order valence-electron chi connectivity index (χ2n) is 5.29. The van der Waals surface area contributed by atoms with Crippen LogP contribution in [0.25, 0.3) is 11.5 Å². The van der Waals surface area contributed by atoms with Crippen LogP contribution in [0.15, 0.2) is 38.1 Å². The largest absolute Gasteiger partial charge is 0.465 e. The van der Waals surface area contributed by atoms with Crippen molar-refractivity contribution in [1.82, 2.24) is 15.5 Å². The van der Waals surface area contributed by atoms with Gasteiger partial charge in [-0.05, 0) is 34.5 Å². The summed E-state index contributed by atoms with van der Waals surface area (Å²) in [7, 11) is 0. The van der Waals surface area contributed by atoms with Gasteiger partial charge in [0.15, 0.2) is 9.68 Å². The van der Waals surface area contributed by atoms with Gasteiger partial charge in [-0.15, -0.1) is 11.3 Å². The van der Waals surface area contributed by atoms with E-state index in [0.29, 0.717) is 32.2 Å². The molecule has 0 bridgehead atoms. The number of amides is 1.